The van der Waals surface area contributed by atoms with E-state index >= 15 is 0 Å². The molecule has 2 rings (SSSR count). The van der Waals surface area contributed by atoms with Crippen LogP contribution < -0.4 is 5.32 Å². The summed E-state index contributed by atoms with van der Waals surface area (Å²) in [4.78, 5) is 13.9. The second kappa shape index (κ2) is 6.63. The molecular formula is C12H14BrClF2N2O. The second-order valence-electron chi connectivity index (χ2n) is 4.30. The molecule has 1 amide bonds. The molecule has 7 heteroatoms. The van der Waals surface area contributed by atoms with Crippen LogP contribution in [0.5, 0.6) is 0 Å². The maximum Gasteiger partial charge on any atom is 0.255 e. The van der Waals surface area contributed by atoms with Gasteiger partial charge in [0.05, 0.1) is 5.56 Å². The number of hydrogen-bond donors (Lipinski definition) is 1. The Morgan fingerprint density at radius 3 is 2.68 bits per heavy atom. The number of nitrogens with one attached hydrogen (secondary N) is 1. The summed E-state index contributed by atoms with van der Waals surface area (Å²) in [6, 6.07) is 1.96. The van der Waals surface area contributed by atoms with E-state index in [1.165, 1.54) is 0 Å². The van der Waals surface area contributed by atoms with Crippen LogP contribution in [0.4, 0.5) is 8.78 Å². The minimum absolute atomic E-state index is 0. The first-order valence-corrected chi connectivity index (χ1v) is 6.46. The van der Waals surface area contributed by atoms with E-state index in [0.717, 1.165) is 12.1 Å². The molecule has 1 atom stereocenters. The molecule has 1 aliphatic heterocycles. The fourth-order valence-electron chi connectivity index (χ4n) is 1.98. The van der Waals surface area contributed by atoms with Crippen molar-refractivity contribution in [1.82, 2.24) is 10.2 Å². The van der Waals surface area contributed by atoms with Crippen molar-refractivity contribution < 1.29 is 13.6 Å². The van der Waals surface area contributed by atoms with E-state index in [9.17, 15) is 13.6 Å². The van der Waals surface area contributed by atoms with Crippen LogP contribution in [-0.2, 0) is 0 Å². The summed E-state index contributed by atoms with van der Waals surface area (Å²) in [5.74, 6) is -2.26. The summed E-state index contributed by atoms with van der Waals surface area (Å²) in [5, 5.41) is 3.17. The molecule has 19 heavy (non-hydrogen) atoms. The molecule has 1 fully saturated rings. The van der Waals surface area contributed by atoms with Gasteiger partial charge in [-0.1, -0.05) is 0 Å². The third-order valence-electron chi connectivity index (χ3n) is 3.00. The number of halogens is 4. The SMILES string of the molecule is CC1CNCCN1C(=O)c1cc(F)c(F)cc1Br.Cl. The van der Waals surface area contributed by atoms with Gasteiger partial charge in [-0.2, -0.15) is 0 Å². The highest BCUT2D eigenvalue weighted by molar-refractivity contribution is 9.10. The van der Waals surface area contributed by atoms with Crippen LogP contribution in [0.3, 0.4) is 0 Å². The van der Waals surface area contributed by atoms with Crippen molar-refractivity contribution in [3.8, 4) is 0 Å². The summed E-state index contributed by atoms with van der Waals surface area (Å²) in [7, 11) is 0. The number of carbonyl (C=O) groups is 1. The van der Waals surface area contributed by atoms with Crippen molar-refractivity contribution in [1.29, 1.82) is 0 Å². The zero-order valence-corrected chi connectivity index (χ0v) is 12.7. The van der Waals surface area contributed by atoms with Gasteiger partial charge in [0.25, 0.3) is 5.91 Å². The lowest BCUT2D eigenvalue weighted by Gasteiger charge is -2.34. The Morgan fingerprint density at radius 1 is 1.42 bits per heavy atom. The standard InChI is InChI=1S/C12H13BrF2N2O.ClH/c1-7-6-16-2-3-17(7)12(18)8-4-10(14)11(15)5-9(8)13;/h4-5,7,16H,2-3,6H2,1H3;1H. The minimum Gasteiger partial charge on any atom is -0.333 e. The lowest BCUT2D eigenvalue weighted by Crippen LogP contribution is -2.52. The summed E-state index contributed by atoms with van der Waals surface area (Å²) in [6.07, 6.45) is 0. The topological polar surface area (TPSA) is 32.3 Å². The molecule has 1 aliphatic rings. The van der Waals surface area contributed by atoms with Crippen LogP contribution >= 0.6 is 28.3 Å². The zero-order valence-electron chi connectivity index (χ0n) is 10.3. The Kier molecular flexibility index (Phi) is 5.70. The molecule has 0 radical (unpaired) electrons. The van der Waals surface area contributed by atoms with Gasteiger partial charge in [-0.25, -0.2) is 8.78 Å². The van der Waals surface area contributed by atoms with Gasteiger partial charge in [-0.3, -0.25) is 4.79 Å². The Bertz CT molecular complexity index is 487. The van der Waals surface area contributed by atoms with Crippen molar-refractivity contribution in [2.45, 2.75) is 13.0 Å². The number of amides is 1. The van der Waals surface area contributed by atoms with E-state index < -0.39 is 11.6 Å². The molecule has 0 aromatic heterocycles. The smallest absolute Gasteiger partial charge is 0.255 e. The number of rotatable bonds is 1. The molecule has 1 saturated heterocycles. The van der Waals surface area contributed by atoms with Gasteiger partial charge in [-0.15, -0.1) is 12.4 Å². The van der Waals surface area contributed by atoms with Crippen LogP contribution in [0.2, 0.25) is 0 Å². The summed E-state index contributed by atoms with van der Waals surface area (Å²) in [6.45, 7) is 3.88. The van der Waals surface area contributed by atoms with Crippen LogP contribution in [0.1, 0.15) is 17.3 Å². The van der Waals surface area contributed by atoms with E-state index in [0.29, 0.717) is 19.6 Å². The molecule has 0 bridgehead atoms. The Morgan fingerprint density at radius 2 is 2.05 bits per heavy atom. The normalized spacial score (nSPS) is 18.9. The highest BCUT2D eigenvalue weighted by atomic mass is 79.9. The number of carbonyl (C=O) groups excluding carboxylic acids is 1. The fourth-order valence-corrected chi connectivity index (χ4v) is 2.47. The number of piperazine rings is 1. The number of nitrogens with zero attached hydrogens (tertiary/aromatic N) is 1. The molecular weight excluding hydrogens is 341 g/mol. The van der Waals surface area contributed by atoms with Gasteiger partial charge in [0, 0.05) is 30.1 Å². The van der Waals surface area contributed by atoms with Gasteiger partial charge < -0.3 is 10.2 Å². The predicted octanol–water partition coefficient (Wildman–Crippen LogP) is 2.58. The quantitative estimate of drug-likeness (QED) is 0.785. The van der Waals surface area contributed by atoms with Crippen LogP contribution in [0, 0.1) is 11.6 Å². The van der Waals surface area contributed by atoms with Gasteiger partial charge >= 0.3 is 0 Å². The molecule has 1 unspecified atom stereocenters. The summed E-state index contributed by atoms with van der Waals surface area (Å²) >= 11 is 3.10. The van der Waals surface area contributed by atoms with Crippen molar-refractivity contribution in [3.05, 3.63) is 33.8 Å². The maximum atomic E-state index is 13.2. The summed E-state index contributed by atoms with van der Waals surface area (Å²) in [5.41, 5.74) is 0.155. The number of hydrogen-bond acceptors (Lipinski definition) is 2. The molecule has 1 aromatic carbocycles. The zero-order chi connectivity index (χ0) is 13.3. The van der Waals surface area contributed by atoms with E-state index in [1.54, 1.807) is 4.90 Å². The van der Waals surface area contributed by atoms with E-state index in [2.05, 4.69) is 21.2 Å². The van der Waals surface area contributed by atoms with Crippen LogP contribution in [0.15, 0.2) is 16.6 Å². The molecule has 0 saturated carbocycles. The fraction of sp³-hybridized carbons (Fsp3) is 0.417. The second-order valence-corrected chi connectivity index (χ2v) is 5.15. The van der Waals surface area contributed by atoms with Crippen LogP contribution in [-0.4, -0.2) is 36.5 Å². The van der Waals surface area contributed by atoms with Gasteiger partial charge in [0.1, 0.15) is 0 Å². The van der Waals surface area contributed by atoms with Crippen molar-refractivity contribution in [3.63, 3.8) is 0 Å². The maximum absolute atomic E-state index is 13.2. The minimum atomic E-state index is -1.01. The first-order valence-electron chi connectivity index (χ1n) is 5.67. The van der Waals surface area contributed by atoms with Crippen molar-refractivity contribution >= 4 is 34.2 Å². The molecule has 1 N–H and O–H groups in total. The third kappa shape index (κ3) is 3.43. The van der Waals surface area contributed by atoms with Crippen molar-refractivity contribution in [2.24, 2.45) is 0 Å². The lowest BCUT2D eigenvalue weighted by atomic mass is 10.1. The average molecular weight is 356 g/mol. The van der Waals surface area contributed by atoms with E-state index in [-0.39, 0.29) is 34.4 Å². The third-order valence-corrected chi connectivity index (χ3v) is 3.66. The van der Waals surface area contributed by atoms with Gasteiger partial charge in [0.15, 0.2) is 11.6 Å². The van der Waals surface area contributed by atoms with Gasteiger partial charge in [-0.05, 0) is 35.0 Å². The number of benzene rings is 1. The highest BCUT2D eigenvalue weighted by Crippen LogP contribution is 2.23. The van der Waals surface area contributed by atoms with Crippen LogP contribution in [0.25, 0.3) is 0 Å². The highest BCUT2D eigenvalue weighted by Gasteiger charge is 2.26. The summed E-state index contributed by atoms with van der Waals surface area (Å²) < 4.78 is 26.5. The molecule has 0 aliphatic carbocycles. The molecule has 106 valence electrons. The van der Waals surface area contributed by atoms with E-state index in [4.69, 9.17) is 0 Å². The monoisotopic (exact) mass is 354 g/mol. The Hall–Kier alpha value is -0.720. The molecule has 1 heterocycles. The average Bonchev–Trinajstić information content (AvgIpc) is 2.33. The Balaban J connectivity index is 0.00000180. The van der Waals surface area contributed by atoms with Gasteiger partial charge in [0.2, 0.25) is 0 Å². The van der Waals surface area contributed by atoms with Crippen molar-refractivity contribution in [2.75, 3.05) is 19.6 Å². The molecule has 1 aromatic rings. The molecule has 0 spiro atoms. The first-order chi connectivity index (χ1) is 8.50. The first kappa shape index (κ1) is 16.3. The lowest BCUT2D eigenvalue weighted by molar-refractivity contribution is 0.0654. The molecule has 3 nitrogen and oxygen atoms in total. The largest absolute Gasteiger partial charge is 0.333 e. The Labute approximate surface area is 124 Å². The van der Waals surface area contributed by atoms with E-state index in [1.807, 2.05) is 6.92 Å². The predicted molar refractivity (Wildman–Crippen MR) is 74.7 cm³/mol.